The minimum atomic E-state index is 0.134. The number of halogens is 1. The number of nitrogens with one attached hydrogen (secondary N) is 1. The van der Waals surface area contributed by atoms with E-state index in [1.165, 1.54) is 0 Å². The van der Waals surface area contributed by atoms with Gasteiger partial charge in [-0.15, -0.1) is 0 Å². The van der Waals surface area contributed by atoms with Crippen LogP contribution in [0, 0.1) is 6.92 Å². The molecule has 8 nitrogen and oxygen atoms in total. The molecule has 0 aromatic carbocycles. The number of hydrogen-bond donors (Lipinski definition) is 1. The Labute approximate surface area is 156 Å². The maximum atomic E-state index is 6.14. The van der Waals surface area contributed by atoms with Crippen LogP contribution < -0.4 is 5.32 Å². The fourth-order valence-corrected chi connectivity index (χ4v) is 2.79. The summed E-state index contributed by atoms with van der Waals surface area (Å²) >= 11 is 6.14. The Kier molecular flexibility index (Phi) is 5.97. The molecule has 3 heterocycles. The van der Waals surface area contributed by atoms with Crippen LogP contribution in [-0.2, 0) is 22.6 Å². The molecule has 0 spiro atoms. The summed E-state index contributed by atoms with van der Waals surface area (Å²) in [5.41, 5.74) is 3.18. The first-order valence-corrected chi connectivity index (χ1v) is 8.69. The Bertz CT molecular complexity index is 898. The molecule has 0 fully saturated rings. The summed E-state index contributed by atoms with van der Waals surface area (Å²) in [4.78, 5) is 13.0. The van der Waals surface area contributed by atoms with Crippen molar-refractivity contribution in [2.45, 2.75) is 27.0 Å². The minimum absolute atomic E-state index is 0.134. The molecule has 138 valence electrons. The summed E-state index contributed by atoms with van der Waals surface area (Å²) in [5.74, 6) is 1.22. The van der Waals surface area contributed by atoms with Gasteiger partial charge in [0.1, 0.15) is 22.5 Å². The van der Waals surface area contributed by atoms with Crippen molar-refractivity contribution in [3.8, 4) is 0 Å². The second kappa shape index (κ2) is 8.39. The minimum Gasteiger partial charge on any atom is -0.380 e. The van der Waals surface area contributed by atoms with Gasteiger partial charge < -0.3 is 14.8 Å². The van der Waals surface area contributed by atoms with Crippen LogP contribution >= 0.6 is 11.6 Å². The maximum Gasteiger partial charge on any atom is 0.225 e. The van der Waals surface area contributed by atoms with E-state index in [-0.39, 0.29) is 5.28 Å². The zero-order valence-electron chi connectivity index (χ0n) is 15.0. The molecule has 3 rings (SSSR count). The van der Waals surface area contributed by atoms with Crippen molar-refractivity contribution < 1.29 is 9.47 Å². The second-order valence-electron chi connectivity index (χ2n) is 5.68. The number of ether oxygens (including phenoxy) is 2. The molecule has 0 aliphatic carbocycles. The average Bonchev–Trinajstić information content (AvgIpc) is 2.93. The standard InChI is InChI=1S/C17H21ClN6O2/c1-4-26-8-7-24-15-14(12(23-24)10-25-3)21-17(18)22-16(15)20-13-9-11(2)5-6-19-13/h5-6,9H,4,7-8,10H2,1-3H3,(H,19,20,21,22). The van der Waals surface area contributed by atoms with Gasteiger partial charge in [-0.2, -0.15) is 10.1 Å². The highest BCUT2D eigenvalue weighted by molar-refractivity contribution is 6.28. The molecule has 0 atom stereocenters. The lowest BCUT2D eigenvalue weighted by molar-refractivity contribution is 0.136. The monoisotopic (exact) mass is 376 g/mol. The van der Waals surface area contributed by atoms with Gasteiger partial charge in [0.15, 0.2) is 5.82 Å². The van der Waals surface area contributed by atoms with E-state index in [4.69, 9.17) is 21.1 Å². The third kappa shape index (κ3) is 4.09. The number of pyridine rings is 1. The molecule has 0 bridgehead atoms. The summed E-state index contributed by atoms with van der Waals surface area (Å²) in [6.45, 7) is 6.02. The normalized spacial score (nSPS) is 11.2. The third-order valence-electron chi connectivity index (χ3n) is 3.72. The van der Waals surface area contributed by atoms with Gasteiger partial charge >= 0.3 is 0 Å². The van der Waals surface area contributed by atoms with Crippen LogP contribution in [0.3, 0.4) is 0 Å². The van der Waals surface area contributed by atoms with Gasteiger partial charge in [0, 0.05) is 19.9 Å². The maximum absolute atomic E-state index is 6.14. The van der Waals surface area contributed by atoms with E-state index in [9.17, 15) is 0 Å². The van der Waals surface area contributed by atoms with Gasteiger partial charge in [-0.3, -0.25) is 4.68 Å². The Hall–Kier alpha value is -2.29. The smallest absolute Gasteiger partial charge is 0.225 e. The number of anilines is 2. The van der Waals surface area contributed by atoms with E-state index in [0.29, 0.717) is 49.2 Å². The van der Waals surface area contributed by atoms with E-state index in [1.54, 1.807) is 13.3 Å². The SMILES string of the molecule is CCOCCn1nc(COC)c2nc(Cl)nc(Nc3cc(C)ccn3)c21. The molecule has 9 heteroatoms. The molecule has 3 aromatic rings. The number of aryl methyl sites for hydroxylation is 1. The Balaban J connectivity index is 2.07. The molecule has 0 aliphatic rings. The molecule has 1 N–H and O–H groups in total. The molecule has 0 aliphatic heterocycles. The first-order chi connectivity index (χ1) is 12.6. The molecule has 0 saturated carbocycles. The zero-order chi connectivity index (χ0) is 18.5. The van der Waals surface area contributed by atoms with Crippen molar-refractivity contribution in [2.24, 2.45) is 0 Å². The van der Waals surface area contributed by atoms with E-state index in [1.807, 2.05) is 30.7 Å². The lowest BCUT2D eigenvalue weighted by Gasteiger charge is -2.10. The van der Waals surface area contributed by atoms with Gasteiger partial charge in [0.05, 0.1) is 19.8 Å². The number of nitrogens with zero attached hydrogens (tertiary/aromatic N) is 5. The topological polar surface area (TPSA) is 87.0 Å². The summed E-state index contributed by atoms with van der Waals surface area (Å²) in [6.07, 6.45) is 1.74. The van der Waals surface area contributed by atoms with E-state index in [0.717, 1.165) is 11.1 Å². The molecular weight excluding hydrogens is 356 g/mol. The highest BCUT2D eigenvalue weighted by Crippen LogP contribution is 2.27. The number of aromatic nitrogens is 5. The first kappa shape index (κ1) is 18.5. The predicted octanol–water partition coefficient (Wildman–Crippen LogP) is 3.11. The van der Waals surface area contributed by atoms with E-state index in [2.05, 4.69) is 25.4 Å². The van der Waals surface area contributed by atoms with Gasteiger partial charge in [-0.25, -0.2) is 9.97 Å². The van der Waals surface area contributed by atoms with Gasteiger partial charge in [0.2, 0.25) is 5.28 Å². The number of hydrogen-bond acceptors (Lipinski definition) is 7. The summed E-state index contributed by atoms with van der Waals surface area (Å²) < 4.78 is 12.5. The third-order valence-corrected chi connectivity index (χ3v) is 3.89. The van der Waals surface area contributed by atoms with Crippen molar-refractivity contribution in [1.29, 1.82) is 0 Å². The molecule has 0 unspecified atom stereocenters. The highest BCUT2D eigenvalue weighted by atomic mass is 35.5. The first-order valence-electron chi connectivity index (χ1n) is 8.31. The summed E-state index contributed by atoms with van der Waals surface area (Å²) in [7, 11) is 1.61. The van der Waals surface area contributed by atoms with Crippen LogP contribution in [0.1, 0.15) is 18.2 Å². The van der Waals surface area contributed by atoms with Crippen molar-refractivity contribution in [3.05, 3.63) is 34.9 Å². The fourth-order valence-electron chi connectivity index (χ4n) is 2.62. The van der Waals surface area contributed by atoms with Crippen LogP contribution in [0.4, 0.5) is 11.6 Å². The molecule has 26 heavy (non-hydrogen) atoms. The lowest BCUT2D eigenvalue weighted by atomic mass is 10.3. The van der Waals surface area contributed by atoms with Crippen LogP contribution in [0.25, 0.3) is 11.0 Å². The summed E-state index contributed by atoms with van der Waals surface area (Å²) in [5, 5.41) is 7.96. The Morgan fingerprint density at radius 2 is 2.15 bits per heavy atom. The molecule has 0 amide bonds. The second-order valence-corrected chi connectivity index (χ2v) is 6.02. The van der Waals surface area contributed by atoms with Crippen LogP contribution in [0.15, 0.2) is 18.3 Å². The number of fused-ring (bicyclic) bond motifs is 1. The lowest BCUT2D eigenvalue weighted by Crippen LogP contribution is -2.09. The van der Waals surface area contributed by atoms with Crippen molar-refractivity contribution in [2.75, 3.05) is 25.6 Å². The molecule has 0 saturated heterocycles. The fraction of sp³-hybridized carbons (Fsp3) is 0.412. The zero-order valence-corrected chi connectivity index (χ0v) is 15.7. The van der Waals surface area contributed by atoms with Crippen LogP contribution in [0.2, 0.25) is 5.28 Å². The predicted molar refractivity (Wildman–Crippen MR) is 99.8 cm³/mol. The largest absolute Gasteiger partial charge is 0.380 e. The molecule has 3 aromatic heterocycles. The Morgan fingerprint density at radius 3 is 2.88 bits per heavy atom. The number of methoxy groups -OCH3 is 1. The molecule has 0 radical (unpaired) electrons. The Morgan fingerprint density at radius 1 is 1.31 bits per heavy atom. The van der Waals surface area contributed by atoms with Gasteiger partial charge in [-0.1, -0.05) is 0 Å². The molecular formula is C17H21ClN6O2. The quantitative estimate of drug-likeness (QED) is 0.477. The average molecular weight is 377 g/mol. The highest BCUT2D eigenvalue weighted by Gasteiger charge is 2.18. The van der Waals surface area contributed by atoms with Crippen molar-refractivity contribution in [3.63, 3.8) is 0 Å². The van der Waals surface area contributed by atoms with Gasteiger partial charge in [0.25, 0.3) is 0 Å². The van der Waals surface area contributed by atoms with E-state index < -0.39 is 0 Å². The van der Waals surface area contributed by atoms with Crippen LogP contribution in [-0.4, -0.2) is 45.1 Å². The van der Waals surface area contributed by atoms with Crippen molar-refractivity contribution >= 4 is 34.3 Å². The van der Waals surface area contributed by atoms with Crippen LogP contribution in [0.5, 0.6) is 0 Å². The van der Waals surface area contributed by atoms with E-state index >= 15 is 0 Å². The summed E-state index contributed by atoms with van der Waals surface area (Å²) in [6, 6.07) is 3.86. The van der Waals surface area contributed by atoms with Gasteiger partial charge in [-0.05, 0) is 43.1 Å². The van der Waals surface area contributed by atoms with Crippen molar-refractivity contribution in [1.82, 2.24) is 24.7 Å². The number of rotatable bonds is 8.